The molecule has 3 rings (SSSR count). The Balaban J connectivity index is 1.63. The van der Waals surface area contributed by atoms with Gasteiger partial charge in [-0.15, -0.1) is 5.10 Å². The molecule has 9 heteroatoms. The SMILES string of the molecule is O=C(NCc1nc(C(F)(F)F)n[nH]1)c1ccoc1C1CC1. The van der Waals surface area contributed by atoms with Crippen LogP contribution in [0.15, 0.2) is 16.7 Å². The molecule has 1 fully saturated rings. The van der Waals surface area contributed by atoms with Crippen molar-refractivity contribution in [2.45, 2.75) is 31.5 Å². The molecule has 21 heavy (non-hydrogen) atoms. The number of alkyl halides is 3. The normalized spacial score (nSPS) is 15.2. The number of rotatable bonds is 4. The van der Waals surface area contributed by atoms with Gasteiger partial charge in [0.2, 0.25) is 0 Å². The van der Waals surface area contributed by atoms with E-state index in [1.165, 1.54) is 6.26 Å². The van der Waals surface area contributed by atoms with Crippen molar-refractivity contribution in [3.8, 4) is 0 Å². The van der Waals surface area contributed by atoms with Gasteiger partial charge >= 0.3 is 6.18 Å². The minimum Gasteiger partial charge on any atom is -0.468 e. The summed E-state index contributed by atoms with van der Waals surface area (Å²) in [5.74, 6) is -0.833. The van der Waals surface area contributed by atoms with Gasteiger partial charge in [-0.2, -0.15) is 13.2 Å². The summed E-state index contributed by atoms with van der Waals surface area (Å²) in [6.45, 7) is -0.169. The minimum atomic E-state index is -4.61. The lowest BCUT2D eigenvalue weighted by Crippen LogP contribution is -2.24. The summed E-state index contributed by atoms with van der Waals surface area (Å²) in [7, 11) is 0. The molecule has 1 amide bonds. The average Bonchev–Trinajstić information content (AvgIpc) is 2.96. The van der Waals surface area contributed by atoms with Gasteiger partial charge in [0.05, 0.1) is 18.4 Å². The third-order valence-electron chi connectivity index (χ3n) is 3.09. The Morgan fingerprint density at radius 3 is 2.86 bits per heavy atom. The first-order valence-corrected chi connectivity index (χ1v) is 6.29. The van der Waals surface area contributed by atoms with Crippen LogP contribution in [0.2, 0.25) is 0 Å². The number of nitrogens with zero attached hydrogens (tertiary/aromatic N) is 2. The molecule has 0 bridgehead atoms. The number of hydrogen-bond acceptors (Lipinski definition) is 4. The number of H-pyrrole nitrogens is 1. The number of aromatic nitrogens is 3. The van der Waals surface area contributed by atoms with Crippen molar-refractivity contribution in [1.82, 2.24) is 20.5 Å². The van der Waals surface area contributed by atoms with Gasteiger partial charge < -0.3 is 9.73 Å². The molecule has 0 atom stereocenters. The number of aromatic amines is 1. The molecule has 0 spiro atoms. The van der Waals surface area contributed by atoms with E-state index in [2.05, 4.69) is 20.5 Å². The van der Waals surface area contributed by atoms with E-state index in [4.69, 9.17) is 4.42 Å². The lowest BCUT2D eigenvalue weighted by Gasteiger charge is -2.03. The molecule has 112 valence electrons. The largest absolute Gasteiger partial charge is 0.468 e. The molecule has 1 aliphatic rings. The van der Waals surface area contributed by atoms with Crippen LogP contribution in [0.4, 0.5) is 13.2 Å². The zero-order valence-corrected chi connectivity index (χ0v) is 10.7. The van der Waals surface area contributed by atoms with Gasteiger partial charge in [0, 0.05) is 5.92 Å². The van der Waals surface area contributed by atoms with Crippen LogP contribution in [0, 0.1) is 0 Å². The fraction of sp³-hybridized carbons (Fsp3) is 0.417. The van der Waals surface area contributed by atoms with Gasteiger partial charge in [0.1, 0.15) is 11.6 Å². The van der Waals surface area contributed by atoms with Crippen molar-refractivity contribution < 1.29 is 22.4 Å². The third-order valence-corrected chi connectivity index (χ3v) is 3.09. The number of halogens is 3. The predicted molar refractivity (Wildman–Crippen MR) is 63.2 cm³/mol. The Labute approximate surface area is 116 Å². The number of furan rings is 1. The predicted octanol–water partition coefficient (Wildman–Crippen LogP) is 2.22. The zero-order valence-electron chi connectivity index (χ0n) is 10.7. The van der Waals surface area contributed by atoms with Crippen LogP contribution in [0.1, 0.15) is 46.5 Å². The van der Waals surface area contributed by atoms with E-state index in [9.17, 15) is 18.0 Å². The highest BCUT2D eigenvalue weighted by molar-refractivity contribution is 5.95. The molecule has 2 aromatic rings. The number of amides is 1. The lowest BCUT2D eigenvalue weighted by molar-refractivity contribution is -0.144. The monoisotopic (exact) mass is 300 g/mol. The van der Waals surface area contributed by atoms with Crippen molar-refractivity contribution in [3.63, 3.8) is 0 Å². The van der Waals surface area contributed by atoms with Crippen LogP contribution >= 0.6 is 0 Å². The minimum absolute atomic E-state index is 0.0628. The fourth-order valence-electron chi connectivity index (χ4n) is 1.93. The Hall–Kier alpha value is -2.32. The lowest BCUT2D eigenvalue weighted by atomic mass is 10.2. The summed E-state index contributed by atoms with van der Waals surface area (Å²) in [6.07, 6.45) is -1.23. The standard InChI is InChI=1S/C12H11F3N4O2/c13-12(14,15)11-17-8(18-19-11)5-16-10(20)7-3-4-21-9(7)6-1-2-6/h3-4,6H,1-2,5H2,(H,16,20)(H,17,18,19). The average molecular weight is 300 g/mol. The van der Waals surface area contributed by atoms with E-state index in [0.717, 1.165) is 12.8 Å². The van der Waals surface area contributed by atoms with Crippen molar-refractivity contribution in [3.05, 3.63) is 35.3 Å². The van der Waals surface area contributed by atoms with Crippen molar-refractivity contribution >= 4 is 5.91 Å². The molecule has 2 heterocycles. The first-order valence-electron chi connectivity index (χ1n) is 6.29. The highest BCUT2D eigenvalue weighted by Gasteiger charge is 2.36. The van der Waals surface area contributed by atoms with E-state index < -0.39 is 17.9 Å². The summed E-state index contributed by atoms with van der Waals surface area (Å²) >= 11 is 0. The molecule has 0 saturated heterocycles. The number of nitrogens with one attached hydrogen (secondary N) is 2. The Morgan fingerprint density at radius 2 is 2.24 bits per heavy atom. The topological polar surface area (TPSA) is 83.8 Å². The zero-order chi connectivity index (χ0) is 15.0. The van der Waals surface area contributed by atoms with E-state index >= 15 is 0 Å². The Morgan fingerprint density at radius 1 is 1.48 bits per heavy atom. The number of carbonyl (C=O) groups is 1. The molecule has 1 aliphatic carbocycles. The van der Waals surface area contributed by atoms with Crippen molar-refractivity contribution in [2.75, 3.05) is 0 Å². The van der Waals surface area contributed by atoms with Crippen LogP contribution in [0.5, 0.6) is 0 Å². The molecule has 0 aromatic carbocycles. The summed E-state index contributed by atoms with van der Waals surface area (Å²) in [6, 6.07) is 1.55. The maximum atomic E-state index is 12.3. The van der Waals surface area contributed by atoms with Gasteiger partial charge in [0.15, 0.2) is 0 Å². The van der Waals surface area contributed by atoms with Crippen molar-refractivity contribution in [2.24, 2.45) is 0 Å². The first-order chi connectivity index (χ1) is 9.95. The van der Waals surface area contributed by atoms with Gasteiger partial charge in [-0.3, -0.25) is 9.89 Å². The summed E-state index contributed by atoms with van der Waals surface area (Å²) < 4.78 is 42.2. The maximum Gasteiger partial charge on any atom is 0.453 e. The van der Waals surface area contributed by atoms with E-state index in [1.54, 1.807) is 6.07 Å². The smallest absolute Gasteiger partial charge is 0.453 e. The van der Waals surface area contributed by atoms with Crippen LogP contribution in [-0.4, -0.2) is 21.1 Å². The highest BCUT2D eigenvalue weighted by Crippen LogP contribution is 2.42. The molecular formula is C12H11F3N4O2. The third kappa shape index (κ3) is 2.91. The van der Waals surface area contributed by atoms with Crippen LogP contribution in [0.25, 0.3) is 0 Å². The second kappa shape index (κ2) is 4.90. The highest BCUT2D eigenvalue weighted by atomic mass is 19.4. The number of carbonyl (C=O) groups excluding carboxylic acids is 1. The van der Waals surface area contributed by atoms with E-state index in [0.29, 0.717) is 11.3 Å². The van der Waals surface area contributed by atoms with E-state index in [-0.39, 0.29) is 18.3 Å². The molecule has 1 saturated carbocycles. The number of hydrogen-bond donors (Lipinski definition) is 2. The molecule has 0 radical (unpaired) electrons. The Bertz CT molecular complexity index is 658. The molecule has 0 unspecified atom stereocenters. The van der Waals surface area contributed by atoms with Crippen LogP contribution < -0.4 is 5.32 Å². The molecular weight excluding hydrogens is 289 g/mol. The summed E-state index contributed by atoms with van der Waals surface area (Å²) in [5.41, 5.74) is 0.410. The second-order valence-corrected chi connectivity index (χ2v) is 4.76. The first kappa shape index (κ1) is 13.7. The van der Waals surface area contributed by atoms with Crippen LogP contribution in [0.3, 0.4) is 0 Å². The van der Waals surface area contributed by atoms with Gasteiger partial charge in [-0.25, -0.2) is 4.98 Å². The van der Waals surface area contributed by atoms with Gasteiger partial charge in [-0.1, -0.05) is 0 Å². The van der Waals surface area contributed by atoms with Crippen molar-refractivity contribution in [1.29, 1.82) is 0 Å². The summed E-state index contributed by atoms with van der Waals surface area (Å²) in [5, 5.41) is 7.69. The molecule has 6 nitrogen and oxygen atoms in total. The van der Waals surface area contributed by atoms with Gasteiger partial charge in [-0.05, 0) is 18.9 Å². The quantitative estimate of drug-likeness (QED) is 0.907. The summed E-state index contributed by atoms with van der Waals surface area (Å²) in [4.78, 5) is 15.3. The fourth-order valence-corrected chi connectivity index (χ4v) is 1.93. The molecule has 2 aromatic heterocycles. The van der Waals surface area contributed by atoms with Crippen LogP contribution in [-0.2, 0) is 12.7 Å². The molecule has 2 N–H and O–H groups in total. The van der Waals surface area contributed by atoms with Gasteiger partial charge in [0.25, 0.3) is 11.7 Å². The van der Waals surface area contributed by atoms with E-state index in [1.807, 2.05) is 0 Å². The maximum absolute atomic E-state index is 12.3. The molecule has 0 aliphatic heterocycles. The Kier molecular flexibility index (Phi) is 3.19. The second-order valence-electron chi connectivity index (χ2n) is 4.76.